The van der Waals surface area contributed by atoms with Gasteiger partial charge in [0.15, 0.2) is 0 Å². The summed E-state index contributed by atoms with van der Waals surface area (Å²) in [7, 11) is 0. The highest BCUT2D eigenvalue weighted by Crippen LogP contribution is 2.47. The Morgan fingerprint density at radius 3 is 2.43 bits per heavy atom. The number of hydrogen-bond donors (Lipinski definition) is 1. The molecule has 21 heavy (non-hydrogen) atoms. The van der Waals surface area contributed by atoms with Gasteiger partial charge in [-0.15, -0.1) is 0 Å². The minimum atomic E-state index is -0.422. The summed E-state index contributed by atoms with van der Waals surface area (Å²) in [5.74, 6) is 5.61. The van der Waals surface area contributed by atoms with E-state index in [-0.39, 0.29) is 11.8 Å². The molecule has 1 aliphatic carbocycles. The summed E-state index contributed by atoms with van der Waals surface area (Å²) >= 11 is 0. The average molecular weight is 282 g/mol. The van der Waals surface area contributed by atoms with E-state index in [4.69, 9.17) is 5.73 Å². The van der Waals surface area contributed by atoms with Gasteiger partial charge in [0.2, 0.25) is 11.8 Å². The molecule has 0 aromatic heterocycles. The fourth-order valence-electron chi connectivity index (χ4n) is 3.35. The molecule has 1 saturated carbocycles. The second-order valence-corrected chi connectivity index (χ2v) is 5.75. The van der Waals surface area contributed by atoms with Crippen LogP contribution >= 0.6 is 0 Å². The Bertz CT molecular complexity index is 631. The summed E-state index contributed by atoms with van der Waals surface area (Å²) in [5.41, 5.74) is 6.39. The van der Waals surface area contributed by atoms with Crippen LogP contribution in [0.25, 0.3) is 0 Å². The summed E-state index contributed by atoms with van der Waals surface area (Å²) in [4.78, 5) is 26.3. The zero-order valence-corrected chi connectivity index (χ0v) is 11.9. The first kappa shape index (κ1) is 13.8. The van der Waals surface area contributed by atoms with Crippen molar-refractivity contribution in [1.82, 2.24) is 0 Å². The number of rotatable bonds is 1. The van der Waals surface area contributed by atoms with Crippen LogP contribution in [0.1, 0.15) is 37.7 Å². The molecule has 3 rings (SSSR count). The van der Waals surface area contributed by atoms with Gasteiger partial charge in [0.05, 0.1) is 17.6 Å². The summed E-state index contributed by atoms with van der Waals surface area (Å²) in [6, 6.07) is 7.20. The molecule has 0 radical (unpaired) electrons. The Labute approximate surface area is 124 Å². The topological polar surface area (TPSA) is 63.4 Å². The number of carbonyl (C=O) groups is 2. The van der Waals surface area contributed by atoms with Crippen LogP contribution in [0.3, 0.4) is 0 Å². The quantitative estimate of drug-likeness (QED) is 0.631. The second-order valence-electron chi connectivity index (χ2n) is 5.75. The number of benzene rings is 1. The monoisotopic (exact) mass is 282 g/mol. The first-order valence-electron chi connectivity index (χ1n) is 7.33. The Kier molecular flexibility index (Phi) is 3.52. The first-order valence-corrected chi connectivity index (χ1v) is 7.33. The van der Waals surface area contributed by atoms with Crippen molar-refractivity contribution in [2.45, 2.75) is 32.1 Å². The van der Waals surface area contributed by atoms with Gasteiger partial charge < -0.3 is 5.73 Å². The zero-order chi connectivity index (χ0) is 14.9. The number of carbonyl (C=O) groups excluding carboxylic acids is 2. The summed E-state index contributed by atoms with van der Waals surface area (Å²) < 4.78 is 0. The maximum Gasteiger partial charge on any atom is 0.240 e. The van der Waals surface area contributed by atoms with Crippen LogP contribution in [0.5, 0.6) is 0 Å². The summed E-state index contributed by atoms with van der Waals surface area (Å²) in [6.45, 7) is 0.313. The van der Waals surface area contributed by atoms with Crippen molar-refractivity contribution in [3.8, 4) is 11.8 Å². The molecular weight excluding hydrogens is 264 g/mol. The van der Waals surface area contributed by atoms with Crippen molar-refractivity contribution in [2.75, 3.05) is 11.4 Å². The minimum absolute atomic E-state index is 0.0224. The fourth-order valence-corrected chi connectivity index (χ4v) is 3.35. The molecule has 0 unspecified atom stereocenters. The maximum absolute atomic E-state index is 12.7. The molecule has 2 amide bonds. The summed E-state index contributed by atoms with van der Waals surface area (Å²) in [6.07, 6.45) is 4.13. The van der Waals surface area contributed by atoms with E-state index in [1.807, 2.05) is 12.1 Å². The molecule has 4 heteroatoms. The number of imide groups is 1. The SMILES string of the molecule is NCC#Cc1ccc(N2C(=O)CC3(CCCC3)C2=O)cc1. The molecule has 2 N–H and O–H groups in total. The van der Waals surface area contributed by atoms with Crippen molar-refractivity contribution in [1.29, 1.82) is 0 Å². The van der Waals surface area contributed by atoms with Gasteiger partial charge >= 0.3 is 0 Å². The van der Waals surface area contributed by atoms with E-state index in [9.17, 15) is 9.59 Å². The average Bonchev–Trinajstić information content (AvgIpc) is 3.04. The molecule has 1 aliphatic heterocycles. The van der Waals surface area contributed by atoms with Crippen LogP contribution < -0.4 is 10.6 Å². The smallest absolute Gasteiger partial charge is 0.240 e. The number of nitrogens with two attached hydrogens (primary N) is 1. The molecule has 108 valence electrons. The van der Waals surface area contributed by atoms with E-state index >= 15 is 0 Å². The number of nitrogens with zero attached hydrogens (tertiary/aromatic N) is 1. The lowest BCUT2D eigenvalue weighted by molar-refractivity contribution is -0.125. The van der Waals surface area contributed by atoms with E-state index in [2.05, 4.69) is 11.8 Å². The van der Waals surface area contributed by atoms with Gasteiger partial charge in [0.1, 0.15) is 0 Å². The lowest BCUT2D eigenvalue weighted by atomic mass is 9.84. The van der Waals surface area contributed by atoms with Crippen LogP contribution in [-0.4, -0.2) is 18.4 Å². The lowest BCUT2D eigenvalue weighted by Crippen LogP contribution is -2.34. The van der Waals surface area contributed by atoms with Crippen molar-refractivity contribution in [2.24, 2.45) is 11.1 Å². The van der Waals surface area contributed by atoms with Gasteiger partial charge in [-0.3, -0.25) is 14.5 Å². The molecule has 2 fully saturated rings. The Morgan fingerprint density at radius 2 is 1.81 bits per heavy atom. The molecule has 0 bridgehead atoms. The fraction of sp³-hybridized carbons (Fsp3) is 0.412. The highest BCUT2D eigenvalue weighted by molar-refractivity contribution is 6.22. The summed E-state index contributed by atoms with van der Waals surface area (Å²) in [5, 5.41) is 0. The van der Waals surface area contributed by atoms with Crippen molar-refractivity contribution in [3.63, 3.8) is 0 Å². The van der Waals surface area contributed by atoms with E-state index < -0.39 is 5.41 Å². The third-order valence-corrected chi connectivity index (χ3v) is 4.42. The van der Waals surface area contributed by atoms with Crippen LogP contribution in [0.2, 0.25) is 0 Å². The highest BCUT2D eigenvalue weighted by Gasteiger charge is 2.52. The zero-order valence-electron chi connectivity index (χ0n) is 11.9. The standard InChI is InChI=1S/C17H18N2O2/c18-11-3-4-13-5-7-14(8-6-13)19-15(20)12-17(16(19)21)9-1-2-10-17/h5-8H,1-2,9-12,18H2. The van der Waals surface area contributed by atoms with Gasteiger partial charge in [-0.25, -0.2) is 0 Å². The molecular formula is C17H18N2O2. The molecule has 2 aliphatic rings. The van der Waals surface area contributed by atoms with E-state index in [0.717, 1.165) is 31.2 Å². The van der Waals surface area contributed by atoms with Crippen LogP contribution in [0, 0.1) is 17.3 Å². The number of amides is 2. The number of anilines is 1. The Hall–Kier alpha value is -2.12. The molecule has 0 atom stereocenters. The van der Waals surface area contributed by atoms with Crippen LogP contribution in [0.4, 0.5) is 5.69 Å². The first-order chi connectivity index (χ1) is 10.2. The third-order valence-electron chi connectivity index (χ3n) is 4.42. The Balaban J connectivity index is 1.86. The van der Waals surface area contributed by atoms with Gasteiger partial charge in [0.25, 0.3) is 0 Å². The second kappa shape index (κ2) is 5.34. The molecule has 1 spiro atoms. The third kappa shape index (κ3) is 2.34. The molecule has 4 nitrogen and oxygen atoms in total. The number of hydrogen-bond acceptors (Lipinski definition) is 3. The van der Waals surface area contributed by atoms with E-state index in [0.29, 0.717) is 18.7 Å². The molecule has 1 heterocycles. The van der Waals surface area contributed by atoms with Gasteiger partial charge in [-0.2, -0.15) is 0 Å². The van der Waals surface area contributed by atoms with E-state index in [1.54, 1.807) is 12.1 Å². The normalized spacial score (nSPS) is 20.0. The van der Waals surface area contributed by atoms with Gasteiger partial charge in [-0.1, -0.05) is 24.7 Å². The molecule has 1 aromatic carbocycles. The predicted octanol–water partition coefficient (Wildman–Crippen LogP) is 1.82. The lowest BCUT2D eigenvalue weighted by Gasteiger charge is -2.20. The van der Waals surface area contributed by atoms with E-state index in [1.165, 1.54) is 4.90 Å². The van der Waals surface area contributed by atoms with Crippen molar-refractivity contribution < 1.29 is 9.59 Å². The molecule has 1 aromatic rings. The van der Waals surface area contributed by atoms with Crippen LogP contribution in [-0.2, 0) is 9.59 Å². The Morgan fingerprint density at radius 1 is 1.14 bits per heavy atom. The minimum Gasteiger partial charge on any atom is -0.320 e. The van der Waals surface area contributed by atoms with Crippen LogP contribution in [0.15, 0.2) is 24.3 Å². The predicted molar refractivity (Wildman–Crippen MR) is 80.4 cm³/mol. The maximum atomic E-state index is 12.7. The van der Waals surface area contributed by atoms with Gasteiger partial charge in [-0.05, 0) is 37.1 Å². The largest absolute Gasteiger partial charge is 0.320 e. The highest BCUT2D eigenvalue weighted by atomic mass is 16.2. The van der Waals surface area contributed by atoms with Crippen molar-refractivity contribution >= 4 is 17.5 Å². The van der Waals surface area contributed by atoms with Gasteiger partial charge in [0, 0.05) is 12.0 Å². The van der Waals surface area contributed by atoms with Crippen molar-refractivity contribution in [3.05, 3.63) is 29.8 Å². The molecule has 1 saturated heterocycles.